The summed E-state index contributed by atoms with van der Waals surface area (Å²) in [6.07, 6.45) is 0.936. The smallest absolute Gasteiger partial charge is 0.162 e. The van der Waals surface area contributed by atoms with E-state index in [0.717, 1.165) is 17.7 Å². The van der Waals surface area contributed by atoms with Gasteiger partial charge in [-0.2, -0.15) is 0 Å². The van der Waals surface area contributed by atoms with E-state index in [2.05, 4.69) is 42.6 Å². The van der Waals surface area contributed by atoms with Crippen LogP contribution in [-0.4, -0.2) is 13.7 Å². The summed E-state index contributed by atoms with van der Waals surface area (Å²) in [5.74, 6) is 1.39. The Balaban J connectivity index is 1.83. The lowest BCUT2D eigenvalue weighted by Gasteiger charge is -2.15. The van der Waals surface area contributed by atoms with Crippen molar-refractivity contribution >= 4 is 28.1 Å². The van der Waals surface area contributed by atoms with Gasteiger partial charge >= 0.3 is 0 Å². The molecule has 0 aliphatic heterocycles. The van der Waals surface area contributed by atoms with E-state index in [-0.39, 0.29) is 0 Å². The molecule has 3 aromatic carbocycles. The number of ether oxygens (including phenoxy) is 2. The molecule has 0 aliphatic carbocycles. The Morgan fingerprint density at radius 3 is 2.60 bits per heavy atom. The summed E-state index contributed by atoms with van der Waals surface area (Å²) in [6.45, 7) is 3.31. The van der Waals surface area contributed by atoms with Gasteiger partial charge in [0, 0.05) is 28.7 Å². The summed E-state index contributed by atoms with van der Waals surface area (Å²) in [7, 11) is 1.64. The minimum Gasteiger partial charge on any atom is -0.493 e. The van der Waals surface area contributed by atoms with E-state index in [4.69, 9.17) is 21.1 Å². The SMILES string of the molecule is CCCOc1cc(Cl)c(CNc2cccc3ccccc23)cc1OC. The Morgan fingerprint density at radius 2 is 1.80 bits per heavy atom. The molecule has 0 heterocycles. The molecule has 4 heteroatoms. The topological polar surface area (TPSA) is 30.5 Å². The monoisotopic (exact) mass is 355 g/mol. The number of hydrogen-bond acceptors (Lipinski definition) is 3. The fraction of sp³-hybridized carbons (Fsp3) is 0.238. The van der Waals surface area contributed by atoms with Crippen LogP contribution in [-0.2, 0) is 6.54 Å². The van der Waals surface area contributed by atoms with Crippen LogP contribution < -0.4 is 14.8 Å². The third-order valence-corrected chi connectivity index (χ3v) is 4.41. The van der Waals surface area contributed by atoms with Crippen molar-refractivity contribution in [2.24, 2.45) is 0 Å². The minimum absolute atomic E-state index is 0.608. The normalized spacial score (nSPS) is 10.7. The summed E-state index contributed by atoms with van der Waals surface area (Å²) < 4.78 is 11.2. The number of rotatable bonds is 7. The van der Waals surface area contributed by atoms with Crippen molar-refractivity contribution in [2.75, 3.05) is 19.0 Å². The van der Waals surface area contributed by atoms with Crippen molar-refractivity contribution in [3.05, 3.63) is 65.2 Å². The molecule has 130 valence electrons. The van der Waals surface area contributed by atoms with Crippen molar-refractivity contribution in [3.8, 4) is 11.5 Å². The standard InChI is InChI=1S/C21H22ClNO2/c1-3-11-25-21-13-18(22)16(12-20(21)24-2)14-23-19-10-6-8-15-7-4-5-9-17(15)19/h4-10,12-13,23H,3,11,14H2,1-2H3. The summed E-state index contributed by atoms with van der Waals surface area (Å²) in [6, 6.07) is 18.3. The molecule has 0 spiro atoms. The van der Waals surface area contributed by atoms with E-state index in [1.807, 2.05) is 24.3 Å². The Bertz CT molecular complexity index is 858. The van der Waals surface area contributed by atoms with Gasteiger partial charge in [-0.15, -0.1) is 0 Å². The summed E-state index contributed by atoms with van der Waals surface area (Å²) >= 11 is 6.45. The maximum Gasteiger partial charge on any atom is 0.162 e. The lowest BCUT2D eigenvalue weighted by Crippen LogP contribution is -2.03. The summed E-state index contributed by atoms with van der Waals surface area (Å²) in [5.41, 5.74) is 2.05. The molecule has 1 N–H and O–H groups in total. The lowest BCUT2D eigenvalue weighted by molar-refractivity contribution is 0.294. The van der Waals surface area contributed by atoms with E-state index in [0.29, 0.717) is 29.7 Å². The predicted molar refractivity (Wildman–Crippen MR) is 105 cm³/mol. The Hall–Kier alpha value is -2.39. The van der Waals surface area contributed by atoms with Gasteiger partial charge < -0.3 is 14.8 Å². The van der Waals surface area contributed by atoms with Crippen LogP contribution in [0.2, 0.25) is 5.02 Å². The molecule has 0 aromatic heterocycles. The molecule has 0 radical (unpaired) electrons. The quantitative estimate of drug-likeness (QED) is 0.572. The second-order valence-electron chi connectivity index (χ2n) is 5.82. The maximum atomic E-state index is 6.45. The van der Waals surface area contributed by atoms with Crippen LogP contribution in [0.5, 0.6) is 11.5 Å². The van der Waals surface area contributed by atoms with Gasteiger partial charge in [0.2, 0.25) is 0 Å². The van der Waals surface area contributed by atoms with Gasteiger partial charge in [-0.3, -0.25) is 0 Å². The van der Waals surface area contributed by atoms with Crippen molar-refractivity contribution in [1.82, 2.24) is 0 Å². The van der Waals surface area contributed by atoms with Gasteiger partial charge in [-0.05, 0) is 29.5 Å². The number of hydrogen-bond donors (Lipinski definition) is 1. The molecule has 0 atom stereocenters. The van der Waals surface area contributed by atoms with Crippen molar-refractivity contribution < 1.29 is 9.47 Å². The van der Waals surface area contributed by atoms with Gasteiger partial charge in [0.15, 0.2) is 11.5 Å². The number of benzene rings is 3. The molecular weight excluding hydrogens is 334 g/mol. The first-order valence-electron chi connectivity index (χ1n) is 8.43. The van der Waals surface area contributed by atoms with E-state index in [1.165, 1.54) is 10.8 Å². The molecule has 0 unspecified atom stereocenters. The number of fused-ring (bicyclic) bond motifs is 1. The maximum absolute atomic E-state index is 6.45. The van der Waals surface area contributed by atoms with Crippen LogP contribution in [0.3, 0.4) is 0 Å². The van der Waals surface area contributed by atoms with Gasteiger partial charge in [0.1, 0.15) is 0 Å². The molecule has 3 nitrogen and oxygen atoms in total. The molecule has 3 rings (SSSR count). The average Bonchev–Trinajstić information content (AvgIpc) is 2.65. The molecule has 0 amide bonds. The first-order chi connectivity index (χ1) is 12.2. The highest BCUT2D eigenvalue weighted by molar-refractivity contribution is 6.31. The van der Waals surface area contributed by atoms with Crippen LogP contribution in [0, 0.1) is 0 Å². The van der Waals surface area contributed by atoms with Crippen molar-refractivity contribution in [2.45, 2.75) is 19.9 Å². The van der Waals surface area contributed by atoms with Crippen molar-refractivity contribution in [1.29, 1.82) is 0 Å². The molecule has 0 bridgehead atoms. The first-order valence-corrected chi connectivity index (χ1v) is 8.81. The van der Waals surface area contributed by atoms with Crippen LogP contribution in [0.4, 0.5) is 5.69 Å². The number of anilines is 1. The second-order valence-corrected chi connectivity index (χ2v) is 6.23. The summed E-state index contributed by atoms with van der Waals surface area (Å²) in [5, 5.41) is 6.54. The fourth-order valence-corrected chi connectivity index (χ4v) is 2.99. The third-order valence-electron chi connectivity index (χ3n) is 4.05. The van der Waals surface area contributed by atoms with E-state index < -0.39 is 0 Å². The lowest BCUT2D eigenvalue weighted by atomic mass is 10.1. The zero-order chi connectivity index (χ0) is 17.6. The molecular formula is C21H22ClNO2. The van der Waals surface area contributed by atoms with Crippen LogP contribution >= 0.6 is 11.6 Å². The number of methoxy groups -OCH3 is 1. The Kier molecular flexibility index (Phi) is 5.67. The highest BCUT2D eigenvalue weighted by atomic mass is 35.5. The average molecular weight is 356 g/mol. The molecule has 0 fully saturated rings. The van der Waals surface area contributed by atoms with Crippen LogP contribution in [0.25, 0.3) is 10.8 Å². The fourth-order valence-electron chi connectivity index (χ4n) is 2.77. The Morgan fingerprint density at radius 1 is 1.00 bits per heavy atom. The van der Waals surface area contributed by atoms with E-state index in [9.17, 15) is 0 Å². The van der Waals surface area contributed by atoms with E-state index >= 15 is 0 Å². The van der Waals surface area contributed by atoms with Gasteiger partial charge in [0.05, 0.1) is 13.7 Å². The molecule has 3 aromatic rings. The van der Waals surface area contributed by atoms with Gasteiger partial charge in [-0.25, -0.2) is 0 Å². The Labute approximate surface area is 153 Å². The largest absolute Gasteiger partial charge is 0.493 e. The third kappa shape index (κ3) is 3.99. The van der Waals surface area contributed by atoms with Gasteiger partial charge in [-0.1, -0.05) is 54.9 Å². The van der Waals surface area contributed by atoms with Crippen LogP contribution in [0.1, 0.15) is 18.9 Å². The van der Waals surface area contributed by atoms with Gasteiger partial charge in [0.25, 0.3) is 0 Å². The summed E-state index contributed by atoms with van der Waals surface area (Å²) in [4.78, 5) is 0. The second kappa shape index (κ2) is 8.13. The number of halogens is 1. The molecule has 0 saturated carbocycles. The first kappa shape index (κ1) is 17.4. The zero-order valence-corrected chi connectivity index (χ0v) is 15.3. The minimum atomic E-state index is 0.608. The molecule has 0 saturated heterocycles. The van der Waals surface area contributed by atoms with Crippen LogP contribution in [0.15, 0.2) is 54.6 Å². The predicted octanol–water partition coefficient (Wildman–Crippen LogP) is 5.90. The highest BCUT2D eigenvalue weighted by Crippen LogP contribution is 2.34. The van der Waals surface area contributed by atoms with E-state index in [1.54, 1.807) is 7.11 Å². The number of nitrogens with one attached hydrogen (secondary N) is 1. The molecule has 0 aliphatic rings. The van der Waals surface area contributed by atoms with Crippen molar-refractivity contribution in [3.63, 3.8) is 0 Å². The zero-order valence-electron chi connectivity index (χ0n) is 14.5. The highest BCUT2D eigenvalue weighted by Gasteiger charge is 2.11. The molecule has 25 heavy (non-hydrogen) atoms.